The highest BCUT2D eigenvalue weighted by atomic mass is 32.2. The molecule has 8 heteroatoms. The molecule has 1 N–H and O–H groups in total. The van der Waals surface area contributed by atoms with E-state index in [0.29, 0.717) is 16.7 Å². The molecule has 3 heterocycles. The molecule has 0 atom stereocenters. The van der Waals surface area contributed by atoms with Gasteiger partial charge in [-0.15, -0.1) is 16.4 Å². The van der Waals surface area contributed by atoms with Gasteiger partial charge in [-0.05, 0) is 62.0 Å². The normalized spacial score (nSPS) is 11.1. The Morgan fingerprint density at radius 1 is 1.23 bits per heavy atom. The lowest BCUT2D eigenvalue weighted by Gasteiger charge is -2.09. The monoisotopic (exact) mass is 452 g/mol. The van der Waals surface area contributed by atoms with Crippen molar-refractivity contribution in [2.24, 2.45) is 0 Å². The van der Waals surface area contributed by atoms with Gasteiger partial charge in [-0.2, -0.15) is 0 Å². The molecule has 4 rings (SSSR count). The predicted octanol–water partition coefficient (Wildman–Crippen LogP) is 5.18. The Labute approximate surface area is 189 Å². The van der Waals surface area contributed by atoms with Gasteiger partial charge in [0.1, 0.15) is 5.75 Å². The smallest absolute Gasteiger partial charge is 0.209 e. The Hall–Kier alpha value is -2.84. The minimum atomic E-state index is 0.0938. The van der Waals surface area contributed by atoms with E-state index >= 15 is 0 Å². The maximum atomic E-state index is 12.9. The molecule has 3 aromatic heterocycles. The standard InChI is InChI=1S/C23H24N4O2S2/c1-15-13-20(16(2)27(15)11-10-19-5-4-12-30-19)21(28)14-31-23-24-22(25-26-23)17-6-8-18(29-3)9-7-17/h4-9,12-13H,10-11,14H2,1-3H3,(H,24,25,26). The zero-order valence-electron chi connectivity index (χ0n) is 17.7. The number of rotatable bonds is 9. The predicted molar refractivity (Wildman–Crippen MR) is 125 cm³/mol. The topological polar surface area (TPSA) is 72.8 Å². The van der Waals surface area contributed by atoms with Gasteiger partial charge in [-0.3, -0.25) is 9.89 Å². The van der Waals surface area contributed by atoms with Gasteiger partial charge in [0.05, 0.1) is 12.9 Å². The Bertz CT molecular complexity index is 1160. The molecule has 0 spiro atoms. The van der Waals surface area contributed by atoms with E-state index in [1.54, 1.807) is 18.4 Å². The SMILES string of the molecule is COc1ccc(-c2nc(SCC(=O)c3cc(C)n(CCc4cccs4)c3C)n[nH]2)cc1. The van der Waals surface area contributed by atoms with Crippen molar-refractivity contribution in [1.82, 2.24) is 19.7 Å². The number of hydrogen-bond acceptors (Lipinski definition) is 6. The number of carbonyl (C=O) groups excluding carboxylic acids is 1. The van der Waals surface area contributed by atoms with E-state index in [1.165, 1.54) is 16.6 Å². The van der Waals surface area contributed by atoms with Crippen LogP contribution >= 0.6 is 23.1 Å². The van der Waals surface area contributed by atoms with Crippen molar-refractivity contribution in [3.63, 3.8) is 0 Å². The van der Waals surface area contributed by atoms with Crippen molar-refractivity contribution in [2.75, 3.05) is 12.9 Å². The van der Waals surface area contributed by atoms with E-state index < -0.39 is 0 Å². The van der Waals surface area contributed by atoms with Crippen molar-refractivity contribution in [1.29, 1.82) is 0 Å². The van der Waals surface area contributed by atoms with Crippen molar-refractivity contribution in [2.45, 2.75) is 32.0 Å². The van der Waals surface area contributed by atoms with Gasteiger partial charge in [0, 0.05) is 33.9 Å². The third kappa shape index (κ3) is 4.91. The summed E-state index contributed by atoms with van der Waals surface area (Å²) in [5.74, 6) is 1.85. The Morgan fingerprint density at radius 2 is 2.03 bits per heavy atom. The van der Waals surface area contributed by atoms with E-state index in [1.807, 2.05) is 37.3 Å². The van der Waals surface area contributed by atoms with Crippen LogP contribution in [0.25, 0.3) is 11.4 Å². The first-order chi connectivity index (χ1) is 15.0. The van der Waals surface area contributed by atoms with Gasteiger partial charge in [0.25, 0.3) is 0 Å². The molecule has 160 valence electrons. The molecule has 0 fully saturated rings. The van der Waals surface area contributed by atoms with Crippen molar-refractivity contribution >= 4 is 28.9 Å². The Balaban J connectivity index is 1.38. The van der Waals surface area contributed by atoms with Gasteiger partial charge in [0.2, 0.25) is 5.16 Å². The number of ether oxygens (including phenoxy) is 1. The highest BCUT2D eigenvalue weighted by Gasteiger charge is 2.17. The number of hydrogen-bond donors (Lipinski definition) is 1. The van der Waals surface area contributed by atoms with E-state index in [-0.39, 0.29) is 5.78 Å². The van der Waals surface area contributed by atoms with Gasteiger partial charge < -0.3 is 9.30 Å². The molecule has 0 saturated heterocycles. The van der Waals surface area contributed by atoms with E-state index in [2.05, 4.69) is 44.2 Å². The highest BCUT2D eigenvalue weighted by Crippen LogP contribution is 2.24. The van der Waals surface area contributed by atoms with Gasteiger partial charge in [-0.25, -0.2) is 4.98 Å². The molecule has 0 amide bonds. The number of ketones is 1. The first-order valence-corrected chi connectivity index (χ1v) is 11.8. The second kappa shape index (κ2) is 9.53. The number of thioether (sulfide) groups is 1. The average Bonchev–Trinajstić information content (AvgIpc) is 3.52. The number of carbonyl (C=O) groups is 1. The molecular weight excluding hydrogens is 428 g/mol. The van der Waals surface area contributed by atoms with Crippen LogP contribution < -0.4 is 4.74 Å². The van der Waals surface area contributed by atoms with Gasteiger partial charge in [0.15, 0.2) is 11.6 Å². The van der Waals surface area contributed by atoms with E-state index in [9.17, 15) is 4.79 Å². The second-order valence-electron chi connectivity index (χ2n) is 7.17. The first kappa shape index (κ1) is 21.4. The third-order valence-corrected chi connectivity index (χ3v) is 6.98. The largest absolute Gasteiger partial charge is 0.497 e. The fourth-order valence-electron chi connectivity index (χ4n) is 3.50. The fourth-order valence-corrected chi connectivity index (χ4v) is 4.88. The number of aryl methyl sites for hydroxylation is 2. The number of thiophene rings is 1. The number of aromatic amines is 1. The molecule has 6 nitrogen and oxygen atoms in total. The van der Waals surface area contributed by atoms with Crippen LogP contribution in [0.2, 0.25) is 0 Å². The Kier molecular flexibility index (Phi) is 6.58. The minimum absolute atomic E-state index is 0.0938. The molecule has 0 aliphatic heterocycles. The summed E-state index contributed by atoms with van der Waals surface area (Å²) in [6.07, 6.45) is 0.974. The number of nitrogens with zero attached hydrogens (tertiary/aromatic N) is 3. The van der Waals surface area contributed by atoms with Crippen LogP contribution in [0.3, 0.4) is 0 Å². The second-order valence-corrected chi connectivity index (χ2v) is 9.15. The lowest BCUT2D eigenvalue weighted by molar-refractivity contribution is 0.102. The summed E-state index contributed by atoms with van der Waals surface area (Å²) in [6.45, 7) is 4.96. The van der Waals surface area contributed by atoms with Crippen LogP contribution in [0.5, 0.6) is 5.75 Å². The molecule has 1 aromatic carbocycles. The lowest BCUT2D eigenvalue weighted by atomic mass is 10.2. The van der Waals surface area contributed by atoms with Crippen LogP contribution in [0.15, 0.2) is 53.0 Å². The highest BCUT2D eigenvalue weighted by molar-refractivity contribution is 7.99. The fraction of sp³-hybridized carbons (Fsp3) is 0.261. The molecule has 0 aliphatic rings. The number of H-pyrrole nitrogens is 1. The number of aromatic nitrogens is 4. The van der Waals surface area contributed by atoms with Crippen LogP contribution in [-0.2, 0) is 13.0 Å². The van der Waals surface area contributed by atoms with Crippen LogP contribution in [0.4, 0.5) is 0 Å². The molecule has 0 radical (unpaired) electrons. The van der Waals surface area contributed by atoms with Crippen LogP contribution in [-0.4, -0.2) is 38.4 Å². The zero-order valence-corrected chi connectivity index (χ0v) is 19.3. The maximum absolute atomic E-state index is 12.9. The Morgan fingerprint density at radius 3 is 2.74 bits per heavy atom. The van der Waals surface area contributed by atoms with E-state index in [4.69, 9.17) is 4.74 Å². The molecule has 4 aromatic rings. The summed E-state index contributed by atoms with van der Waals surface area (Å²) < 4.78 is 7.41. The maximum Gasteiger partial charge on any atom is 0.209 e. The van der Waals surface area contributed by atoms with Crippen LogP contribution in [0.1, 0.15) is 26.6 Å². The summed E-state index contributed by atoms with van der Waals surface area (Å²) in [4.78, 5) is 18.7. The molecule has 0 aliphatic carbocycles. The van der Waals surface area contributed by atoms with Crippen molar-refractivity contribution < 1.29 is 9.53 Å². The summed E-state index contributed by atoms with van der Waals surface area (Å²) in [5, 5.41) is 9.84. The molecule has 0 unspecified atom stereocenters. The summed E-state index contributed by atoms with van der Waals surface area (Å²) >= 11 is 3.11. The zero-order chi connectivity index (χ0) is 21.8. The quantitative estimate of drug-likeness (QED) is 0.280. The molecular formula is C23H24N4O2S2. The first-order valence-electron chi connectivity index (χ1n) is 9.97. The number of nitrogens with one attached hydrogen (secondary N) is 1. The van der Waals surface area contributed by atoms with Gasteiger partial charge in [-0.1, -0.05) is 17.8 Å². The third-order valence-electron chi connectivity index (χ3n) is 5.20. The van der Waals surface area contributed by atoms with E-state index in [0.717, 1.165) is 41.2 Å². The minimum Gasteiger partial charge on any atom is -0.497 e. The number of Topliss-reactive ketones (excluding diaryl/α,β-unsaturated/α-hetero) is 1. The summed E-state index contributed by atoms with van der Waals surface area (Å²) in [7, 11) is 1.64. The van der Waals surface area contributed by atoms with Gasteiger partial charge >= 0.3 is 0 Å². The number of methoxy groups -OCH3 is 1. The van der Waals surface area contributed by atoms with Crippen molar-refractivity contribution in [3.05, 3.63) is 69.7 Å². The van der Waals surface area contributed by atoms with Crippen LogP contribution in [0, 0.1) is 13.8 Å². The molecule has 31 heavy (non-hydrogen) atoms. The lowest BCUT2D eigenvalue weighted by Crippen LogP contribution is -2.08. The van der Waals surface area contributed by atoms with Crippen molar-refractivity contribution in [3.8, 4) is 17.1 Å². The summed E-state index contributed by atoms with van der Waals surface area (Å²) in [6, 6.07) is 13.8. The molecule has 0 saturated carbocycles. The average molecular weight is 453 g/mol. The number of benzene rings is 1. The molecule has 0 bridgehead atoms. The summed E-state index contributed by atoms with van der Waals surface area (Å²) in [5.41, 5.74) is 3.83.